The third-order valence-corrected chi connectivity index (χ3v) is 3.56. The van der Waals surface area contributed by atoms with E-state index in [1.807, 2.05) is 6.92 Å². The predicted molar refractivity (Wildman–Crippen MR) is 78.3 cm³/mol. The van der Waals surface area contributed by atoms with Crippen molar-refractivity contribution in [2.45, 2.75) is 31.9 Å². The van der Waals surface area contributed by atoms with E-state index in [1.54, 1.807) is 6.07 Å². The van der Waals surface area contributed by atoms with E-state index in [0.717, 1.165) is 12.8 Å². The van der Waals surface area contributed by atoms with Crippen molar-refractivity contribution >= 4 is 11.4 Å². The number of benzene rings is 1. The number of nitro groups is 1. The number of rotatable bonds is 7. The Kier molecular flexibility index (Phi) is 4.85. The van der Waals surface area contributed by atoms with E-state index < -0.39 is 4.92 Å². The minimum absolute atomic E-state index is 0.0208. The second-order valence-corrected chi connectivity index (χ2v) is 4.87. The highest BCUT2D eigenvalue weighted by molar-refractivity contribution is 5.69. The average molecular weight is 296 g/mol. The summed E-state index contributed by atoms with van der Waals surface area (Å²) in [6, 6.07) is 3.16. The summed E-state index contributed by atoms with van der Waals surface area (Å²) in [7, 11) is 2.95. The molecule has 0 unspecified atom stereocenters. The maximum absolute atomic E-state index is 11.2. The molecule has 1 aliphatic carbocycles. The average Bonchev–Trinajstić information content (AvgIpc) is 2.44. The highest BCUT2D eigenvalue weighted by Gasteiger charge is 2.31. The molecule has 0 aromatic heterocycles. The van der Waals surface area contributed by atoms with Crippen molar-refractivity contribution in [3.05, 3.63) is 22.2 Å². The standard InChI is InChI=1S/C14H20N2O5/c1-4-21-10-5-9(6-10)15-11-7-13(19-2)14(20-3)8-12(11)16(17)18/h7-10,15H,4-6H2,1-3H3. The number of anilines is 1. The molecule has 0 atom stereocenters. The van der Waals surface area contributed by atoms with Crippen LogP contribution in [0.25, 0.3) is 0 Å². The molecule has 0 saturated heterocycles. The van der Waals surface area contributed by atoms with Crippen molar-refractivity contribution in [3.63, 3.8) is 0 Å². The van der Waals surface area contributed by atoms with Gasteiger partial charge in [0.15, 0.2) is 11.5 Å². The minimum atomic E-state index is -0.428. The molecule has 1 saturated carbocycles. The van der Waals surface area contributed by atoms with E-state index in [1.165, 1.54) is 20.3 Å². The Morgan fingerprint density at radius 3 is 2.43 bits per heavy atom. The van der Waals surface area contributed by atoms with Crippen LogP contribution in [0.2, 0.25) is 0 Å². The van der Waals surface area contributed by atoms with Gasteiger partial charge in [0.1, 0.15) is 5.69 Å². The topological polar surface area (TPSA) is 82.9 Å². The van der Waals surface area contributed by atoms with Gasteiger partial charge in [0.25, 0.3) is 5.69 Å². The van der Waals surface area contributed by atoms with Crippen LogP contribution in [0.4, 0.5) is 11.4 Å². The summed E-state index contributed by atoms with van der Waals surface area (Å²) in [6.45, 7) is 2.65. The number of hydrogen-bond acceptors (Lipinski definition) is 6. The van der Waals surface area contributed by atoms with Crippen LogP contribution < -0.4 is 14.8 Å². The second-order valence-electron chi connectivity index (χ2n) is 4.87. The van der Waals surface area contributed by atoms with Gasteiger partial charge in [0.05, 0.1) is 31.3 Å². The van der Waals surface area contributed by atoms with Gasteiger partial charge >= 0.3 is 0 Å². The molecule has 1 aliphatic rings. The minimum Gasteiger partial charge on any atom is -0.493 e. The van der Waals surface area contributed by atoms with Gasteiger partial charge in [-0.1, -0.05) is 0 Å². The summed E-state index contributed by atoms with van der Waals surface area (Å²) in [5.41, 5.74) is 0.421. The maximum atomic E-state index is 11.2. The van der Waals surface area contributed by atoms with Crippen molar-refractivity contribution in [3.8, 4) is 11.5 Å². The van der Waals surface area contributed by atoms with Gasteiger partial charge < -0.3 is 19.5 Å². The molecule has 1 N–H and O–H groups in total. The van der Waals surface area contributed by atoms with E-state index >= 15 is 0 Å². The molecule has 0 amide bonds. The van der Waals surface area contributed by atoms with Gasteiger partial charge in [0, 0.05) is 18.7 Å². The number of nitrogens with zero attached hydrogens (tertiary/aromatic N) is 1. The quantitative estimate of drug-likeness (QED) is 0.615. The summed E-state index contributed by atoms with van der Waals surface area (Å²) < 4.78 is 15.8. The molecule has 1 aromatic carbocycles. The van der Waals surface area contributed by atoms with E-state index in [4.69, 9.17) is 14.2 Å². The van der Waals surface area contributed by atoms with E-state index in [9.17, 15) is 10.1 Å². The molecule has 0 aliphatic heterocycles. The van der Waals surface area contributed by atoms with Crippen molar-refractivity contribution in [1.29, 1.82) is 0 Å². The van der Waals surface area contributed by atoms with Crippen LogP contribution in [0.5, 0.6) is 11.5 Å². The zero-order chi connectivity index (χ0) is 15.4. The Bertz CT molecular complexity index is 514. The van der Waals surface area contributed by atoms with Gasteiger partial charge in [-0.05, 0) is 19.8 Å². The van der Waals surface area contributed by atoms with Gasteiger partial charge in [-0.2, -0.15) is 0 Å². The van der Waals surface area contributed by atoms with Crippen LogP contribution in [-0.4, -0.2) is 37.9 Å². The van der Waals surface area contributed by atoms with Crippen LogP contribution >= 0.6 is 0 Å². The Morgan fingerprint density at radius 1 is 1.29 bits per heavy atom. The van der Waals surface area contributed by atoms with E-state index in [0.29, 0.717) is 23.8 Å². The first-order valence-electron chi connectivity index (χ1n) is 6.87. The highest BCUT2D eigenvalue weighted by atomic mass is 16.6. The van der Waals surface area contributed by atoms with Crippen molar-refractivity contribution in [1.82, 2.24) is 0 Å². The fourth-order valence-corrected chi connectivity index (χ4v) is 2.41. The normalized spacial score (nSPS) is 20.5. The van der Waals surface area contributed by atoms with Crippen molar-refractivity contribution in [2.75, 3.05) is 26.1 Å². The maximum Gasteiger partial charge on any atom is 0.296 e. The fourth-order valence-electron chi connectivity index (χ4n) is 2.41. The van der Waals surface area contributed by atoms with Crippen LogP contribution in [0.1, 0.15) is 19.8 Å². The van der Waals surface area contributed by atoms with Gasteiger partial charge in [-0.25, -0.2) is 0 Å². The largest absolute Gasteiger partial charge is 0.493 e. The molecule has 7 heteroatoms. The number of ether oxygens (including phenoxy) is 3. The lowest BCUT2D eigenvalue weighted by Crippen LogP contribution is -2.40. The molecule has 0 heterocycles. The van der Waals surface area contributed by atoms with Crippen molar-refractivity contribution in [2.24, 2.45) is 0 Å². The molecule has 1 aromatic rings. The first-order chi connectivity index (χ1) is 10.1. The van der Waals surface area contributed by atoms with Gasteiger partial charge in [0.2, 0.25) is 0 Å². The fraction of sp³-hybridized carbons (Fsp3) is 0.571. The smallest absolute Gasteiger partial charge is 0.296 e. The second kappa shape index (κ2) is 6.62. The Balaban J connectivity index is 2.16. The first kappa shape index (κ1) is 15.4. The molecule has 0 bridgehead atoms. The van der Waals surface area contributed by atoms with Crippen LogP contribution in [0, 0.1) is 10.1 Å². The zero-order valence-electron chi connectivity index (χ0n) is 12.4. The SMILES string of the molecule is CCOC1CC(Nc2cc(OC)c(OC)cc2[N+](=O)[O-])C1. The lowest BCUT2D eigenvalue weighted by molar-refractivity contribution is -0.384. The molecular formula is C14H20N2O5. The molecule has 7 nitrogen and oxygen atoms in total. The van der Waals surface area contributed by atoms with Crippen LogP contribution in [0.15, 0.2) is 12.1 Å². The Labute approximate surface area is 123 Å². The lowest BCUT2D eigenvalue weighted by Gasteiger charge is -2.35. The number of nitro benzene ring substituents is 1. The third kappa shape index (κ3) is 3.36. The molecule has 21 heavy (non-hydrogen) atoms. The summed E-state index contributed by atoms with van der Waals surface area (Å²) >= 11 is 0. The molecule has 0 spiro atoms. The number of nitrogens with one attached hydrogen (secondary N) is 1. The highest BCUT2D eigenvalue weighted by Crippen LogP contribution is 2.39. The summed E-state index contributed by atoms with van der Waals surface area (Å²) in [5, 5.41) is 14.4. The van der Waals surface area contributed by atoms with Crippen LogP contribution in [0.3, 0.4) is 0 Å². The molecule has 2 rings (SSSR count). The Morgan fingerprint density at radius 2 is 1.90 bits per heavy atom. The van der Waals surface area contributed by atoms with Crippen LogP contribution in [-0.2, 0) is 4.74 Å². The first-order valence-corrected chi connectivity index (χ1v) is 6.87. The van der Waals surface area contributed by atoms with Gasteiger partial charge in [-0.3, -0.25) is 10.1 Å². The Hall–Kier alpha value is -2.02. The summed E-state index contributed by atoms with van der Waals surface area (Å²) in [5.74, 6) is 0.807. The predicted octanol–water partition coefficient (Wildman–Crippen LogP) is 2.59. The molecule has 116 valence electrons. The molecule has 0 radical (unpaired) electrons. The molecular weight excluding hydrogens is 276 g/mol. The lowest BCUT2D eigenvalue weighted by atomic mass is 9.89. The summed E-state index contributed by atoms with van der Waals surface area (Å²) in [4.78, 5) is 10.8. The molecule has 1 fully saturated rings. The zero-order valence-corrected chi connectivity index (χ0v) is 12.4. The summed E-state index contributed by atoms with van der Waals surface area (Å²) in [6.07, 6.45) is 1.94. The number of hydrogen-bond donors (Lipinski definition) is 1. The van der Waals surface area contributed by atoms with E-state index in [-0.39, 0.29) is 17.8 Å². The number of methoxy groups -OCH3 is 2. The van der Waals surface area contributed by atoms with Gasteiger partial charge in [-0.15, -0.1) is 0 Å². The third-order valence-electron chi connectivity index (χ3n) is 3.56. The van der Waals surface area contributed by atoms with E-state index in [2.05, 4.69) is 5.32 Å². The monoisotopic (exact) mass is 296 g/mol. The van der Waals surface area contributed by atoms with Crippen molar-refractivity contribution < 1.29 is 19.1 Å².